The van der Waals surface area contributed by atoms with Gasteiger partial charge in [-0.1, -0.05) is 13.0 Å². The van der Waals surface area contributed by atoms with E-state index < -0.39 is 0 Å². The van der Waals surface area contributed by atoms with Crippen molar-refractivity contribution in [3.8, 4) is 5.82 Å². The van der Waals surface area contributed by atoms with E-state index in [1.807, 2.05) is 30.6 Å². The predicted octanol–water partition coefficient (Wildman–Crippen LogP) is 4.58. The zero-order valence-electron chi connectivity index (χ0n) is 17.4. The van der Waals surface area contributed by atoms with Crippen molar-refractivity contribution in [2.24, 2.45) is 0 Å². The van der Waals surface area contributed by atoms with Crippen LogP contribution in [-0.2, 0) is 0 Å². The minimum atomic E-state index is 0.0228. The van der Waals surface area contributed by atoms with Gasteiger partial charge in [0.2, 0.25) is 0 Å². The summed E-state index contributed by atoms with van der Waals surface area (Å²) in [5.41, 5.74) is 5.84. The summed E-state index contributed by atoms with van der Waals surface area (Å²) < 4.78 is 2.24. The highest BCUT2D eigenvalue weighted by atomic mass is 32.1. The molecule has 5 nitrogen and oxygen atoms in total. The number of aryl methyl sites for hydroxylation is 2. The molecule has 0 saturated carbocycles. The standard InChI is InChI=1S/C23H27N5S/c1-5-12-27-22(21(26-23(27)29)19-8-6-7-10-24-19)18-14-16(3)28(17(18)4)20-13-15(2)9-11-25-20/h6-11,13-14,21-22H,5,12H2,1-4H3,(H,26,29)/t21-,22+/m1/s1. The van der Waals surface area contributed by atoms with Gasteiger partial charge in [0.25, 0.3) is 0 Å². The predicted molar refractivity (Wildman–Crippen MR) is 120 cm³/mol. The van der Waals surface area contributed by atoms with E-state index in [-0.39, 0.29) is 12.1 Å². The van der Waals surface area contributed by atoms with Gasteiger partial charge in [-0.25, -0.2) is 4.98 Å². The van der Waals surface area contributed by atoms with Crippen molar-refractivity contribution >= 4 is 17.3 Å². The second-order valence-electron chi connectivity index (χ2n) is 7.67. The lowest BCUT2D eigenvalue weighted by molar-refractivity contribution is 0.316. The fourth-order valence-electron chi connectivity index (χ4n) is 4.31. The van der Waals surface area contributed by atoms with Crippen LogP contribution in [0, 0.1) is 20.8 Å². The molecule has 1 aliphatic rings. The molecule has 29 heavy (non-hydrogen) atoms. The topological polar surface area (TPSA) is 46.0 Å². The largest absolute Gasteiger partial charge is 0.352 e. The zero-order valence-corrected chi connectivity index (χ0v) is 18.2. The van der Waals surface area contributed by atoms with Gasteiger partial charge >= 0.3 is 0 Å². The van der Waals surface area contributed by atoms with Crippen LogP contribution in [-0.4, -0.2) is 31.1 Å². The highest BCUT2D eigenvalue weighted by Crippen LogP contribution is 2.41. The van der Waals surface area contributed by atoms with Crippen molar-refractivity contribution in [2.45, 2.75) is 46.2 Å². The number of hydrogen-bond donors (Lipinski definition) is 1. The van der Waals surface area contributed by atoms with Crippen LogP contribution in [0.15, 0.2) is 48.8 Å². The first-order chi connectivity index (χ1) is 14.0. The molecule has 1 N–H and O–H groups in total. The lowest BCUT2D eigenvalue weighted by atomic mass is 9.96. The first-order valence-corrected chi connectivity index (χ1v) is 10.5. The number of hydrogen-bond acceptors (Lipinski definition) is 3. The highest BCUT2D eigenvalue weighted by molar-refractivity contribution is 7.80. The Morgan fingerprint density at radius 2 is 1.90 bits per heavy atom. The van der Waals surface area contributed by atoms with Crippen molar-refractivity contribution < 1.29 is 0 Å². The number of rotatable bonds is 5. The van der Waals surface area contributed by atoms with Crippen LogP contribution in [0.5, 0.6) is 0 Å². The normalized spacial score (nSPS) is 18.9. The van der Waals surface area contributed by atoms with E-state index in [4.69, 9.17) is 12.2 Å². The second-order valence-corrected chi connectivity index (χ2v) is 8.06. The summed E-state index contributed by atoms with van der Waals surface area (Å²) in [4.78, 5) is 11.6. The summed E-state index contributed by atoms with van der Waals surface area (Å²) in [6, 6.07) is 12.6. The first kappa shape index (κ1) is 19.6. The third kappa shape index (κ3) is 3.53. The van der Waals surface area contributed by atoms with Gasteiger partial charge in [-0.3, -0.25) is 4.98 Å². The Hall–Kier alpha value is -2.73. The number of pyridine rings is 2. The second kappa shape index (κ2) is 7.95. The van der Waals surface area contributed by atoms with E-state index in [1.165, 1.54) is 22.5 Å². The van der Waals surface area contributed by atoms with Crippen LogP contribution in [0.1, 0.15) is 53.6 Å². The molecule has 150 valence electrons. The Morgan fingerprint density at radius 3 is 2.59 bits per heavy atom. The molecule has 0 spiro atoms. The van der Waals surface area contributed by atoms with E-state index in [2.05, 4.69) is 70.6 Å². The van der Waals surface area contributed by atoms with Crippen LogP contribution in [0.3, 0.4) is 0 Å². The third-order valence-electron chi connectivity index (χ3n) is 5.58. The molecule has 0 amide bonds. The summed E-state index contributed by atoms with van der Waals surface area (Å²) >= 11 is 5.72. The molecule has 0 aromatic carbocycles. The Bertz CT molecular complexity index is 1030. The zero-order chi connectivity index (χ0) is 20.5. The molecule has 4 rings (SSSR count). The van der Waals surface area contributed by atoms with Crippen molar-refractivity contribution in [3.05, 3.63) is 77.0 Å². The fourth-order valence-corrected chi connectivity index (χ4v) is 4.64. The van der Waals surface area contributed by atoms with Gasteiger partial charge in [-0.05, 0) is 80.9 Å². The lowest BCUT2D eigenvalue weighted by Gasteiger charge is -2.27. The van der Waals surface area contributed by atoms with Crippen LogP contribution < -0.4 is 5.32 Å². The van der Waals surface area contributed by atoms with Crippen molar-refractivity contribution in [1.82, 2.24) is 24.8 Å². The van der Waals surface area contributed by atoms with E-state index in [0.717, 1.165) is 29.6 Å². The van der Waals surface area contributed by atoms with Gasteiger partial charge in [0.1, 0.15) is 5.82 Å². The molecule has 3 aromatic heterocycles. The smallest absolute Gasteiger partial charge is 0.170 e. The number of nitrogens with zero attached hydrogens (tertiary/aromatic N) is 4. The Kier molecular flexibility index (Phi) is 5.37. The molecule has 0 bridgehead atoms. The van der Waals surface area contributed by atoms with E-state index in [1.54, 1.807) is 0 Å². The molecule has 2 atom stereocenters. The van der Waals surface area contributed by atoms with E-state index in [0.29, 0.717) is 0 Å². The Labute approximate surface area is 177 Å². The van der Waals surface area contributed by atoms with Crippen molar-refractivity contribution in [1.29, 1.82) is 0 Å². The molecular weight excluding hydrogens is 378 g/mol. The third-order valence-corrected chi connectivity index (χ3v) is 5.93. The van der Waals surface area contributed by atoms with Gasteiger partial charge < -0.3 is 14.8 Å². The van der Waals surface area contributed by atoms with Crippen LogP contribution in [0.25, 0.3) is 5.82 Å². The number of nitrogens with one attached hydrogen (secondary N) is 1. The van der Waals surface area contributed by atoms with Gasteiger partial charge in [-0.15, -0.1) is 0 Å². The molecule has 1 aliphatic heterocycles. The maximum atomic E-state index is 5.72. The summed E-state index contributed by atoms with van der Waals surface area (Å²) in [6.45, 7) is 9.51. The molecule has 1 saturated heterocycles. The summed E-state index contributed by atoms with van der Waals surface area (Å²) in [7, 11) is 0. The molecule has 4 heterocycles. The quantitative estimate of drug-likeness (QED) is 0.630. The Morgan fingerprint density at radius 1 is 1.07 bits per heavy atom. The van der Waals surface area contributed by atoms with Crippen molar-refractivity contribution in [3.63, 3.8) is 0 Å². The van der Waals surface area contributed by atoms with Crippen LogP contribution in [0.2, 0.25) is 0 Å². The molecule has 1 fully saturated rings. The molecule has 0 aliphatic carbocycles. The monoisotopic (exact) mass is 405 g/mol. The minimum Gasteiger partial charge on any atom is -0.352 e. The summed E-state index contributed by atoms with van der Waals surface area (Å²) in [5.74, 6) is 0.955. The molecule has 3 aromatic rings. The van der Waals surface area contributed by atoms with Crippen molar-refractivity contribution in [2.75, 3.05) is 6.54 Å². The fraction of sp³-hybridized carbons (Fsp3) is 0.348. The number of thiocarbonyl (C=S) groups is 1. The van der Waals surface area contributed by atoms with Crippen LogP contribution >= 0.6 is 12.2 Å². The van der Waals surface area contributed by atoms with E-state index >= 15 is 0 Å². The van der Waals surface area contributed by atoms with Gasteiger partial charge in [-0.2, -0.15) is 0 Å². The average Bonchev–Trinajstić information content (AvgIpc) is 3.18. The first-order valence-electron chi connectivity index (χ1n) is 10.1. The lowest BCUT2D eigenvalue weighted by Crippen LogP contribution is -2.30. The molecule has 0 radical (unpaired) electrons. The molecule has 0 unspecified atom stereocenters. The van der Waals surface area contributed by atoms with Gasteiger partial charge in [0.05, 0.1) is 17.8 Å². The maximum absolute atomic E-state index is 5.72. The summed E-state index contributed by atoms with van der Waals surface area (Å²) in [5, 5.41) is 4.33. The minimum absolute atomic E-state index is 0.0228. The van der Waals surface area contributed by atoms with Gasteiger partial charge in [0, 0.05) is 30.3 Å². The van der Waals surface area contributed by atoms with Crippen LogP contribution in [0.4, 0.5) is 0 Å². The Balaban J connectivity index is 1.84. The average molecular weight is 406 g/mol. The molecule has 6 heteroatoms. The highest BCUT2D eigenvalue weighted by Gasteiger charge is 2.40. The van der Waals surface area contributed by atoms with E-state index in [9.17, 15) is 0 Å². The SMILES string of the molecule is CCCN1C(=S)N[C@H](c2ccccn2)[C@@H]1c1cc(C)n(-c2cc(C)ccn2)c1C. The molecular formula is C23H27N5S. The summed E-state index contributed by atoms with van der Waals surface area (Å²) in [6.07, 6.45) is 4.75. The van der Waals surface area contributed by atoms with Gasteiger partial charge in [0.15, 0.2) is 5.11 Å². The maximum Gasteiger partial charge on any atom is 0.170 e. The number of aromatic nitrogens is 3.